The van der Waals surface area contributed by atoms with Gasteiger partial charge in [-0.3, -0.25) is 4.79 Å². The monoisotopic (exact) mass is 368 g/mol. The molecule has 0 saturated carbocycles. The lowest BCUT2D eigenvalue weighted by Gasteiger charge is -2.09. The van der Waals surface area contributed by atoms with E-state index in [1.165, 1.54) is 6.07 Å². The average Bonchev–Trinajstić information content (AvgIpc) is 2.86. The fourth-order valence-corrected chi connectivity index (χ4v) is 2.87. The number of rotatable bonds is 3. The molecule has 1 atom stereocenters. The lowest BCUT2D eigenvalue weighted by Crippen LogP contribution is -2.24. The summed E-state index contributed by atoms with van der Waals surface area (Å²) in [6.07, 6.45) is -1.54. The number of carbonyl (C=O) groups is 2. The lowest BCUT2D eigenvalue weighted by atomic mass is 9.98. The summed E-state index contributed by atoms with van der Waals surface area (Å²) in [7, 11) is 0. The summed E-state index contributed by atoms with van der Waals surface area (Å²) < 4.78 is 14.8. The molecule has 0 fully saturated rings. The van der Waals surface area contributed by atoms with E-state index in [4.69, 9.17) is 37.8 Å². The van der Waals surface area contributed by atoms with E-state index in [0.29, 0.717) is 11.1 Å². The number of fused-ring (bicyclic) bond motifs is 1. The first-order valence-corrected chi connectivity index (χ1v) is 7.48. The summed E-state index contributed by atoms with van der Waals surface area (Å²) in [6.45, 7) is 0.290. The molecule has 2 aromatic rings. The molecule has 0 radical (unpaired) electrons. The van der Waals surface area contributed by atoms with E-state index in [-0.39, 0.29) is 32.9 Å². The first-order chi connectivity index (χ1) is 11.4. The van der Waals surface area contributed by atoms with Crippen molar-refractivity contribution in [2.24, 2.45) is 0 Å². The maximum atomic E-state index is 12.8. The number of ether oxygens (including phenoxy) is 3. The highest BCUT2D eigenvalue weighted by atomic mass is 35.5. The summed E-state index contributed by atoms with van der Waals surface area (Å²) in [5.74, 6) is 0.0936. The number of ketones is 1. The Labute approximate surface area is 146 Å². The minimum absolute atomic E-state index is 0.182. The van der Waals surface area contributed by atoms with Crippen LogP contribution in [0.25, 0.3) is 0 Å². The van der Waals surface area contributed by atoms with Crippen LogP contribution in [0.4, 0.5) is 4.79 Å². The van der Waals surface area contributed by atoms with Gasteiger partial charge in [0.05, 0.1) is 15.6 Å². The zero-order chi connectivity index (χ0) is 17.4. The summed E-state index contributed by atoms with van der Waals surface area (Å²) in [5, 5.41) is 9.06. The Hall–Kier alpha value is -2.44. The molecule has 24 heavy (non-hydrogen) atoms. The Kier molecular flexibility index (Phi) is 4.26. The van der Waals surface area contributed by atoms with Gasteiger partial charge in [0.15, 0.2) is 17.3 Å². The molecule has 8 heteroatoms. The highest BCUT2D eigenvalue weighted by Crippen LogP contribution is 2.39. The van der Waals surface area contributed by atoms with Gasteiger partial charge in [0.1, 0.15) is 0 Å². The molecule has 2 aromatic carbocycles. The molecule has 1 aliphatic heterocycles. The smallest absolute Gasteiger partial charge is 0.450 e. The second-order valence-corrected chi connectivity index (χ2v) is 5.76. The van der Waals surface area contributed by atoms with Crippen LogP contribution in [-0.4, -0.2) is 23.5 Å². The molecule has 1 heterocycles. The summed E-state index contributed by atoms with van der Waals surface area (Å²) in [6, 6.07) is 7.78. The molecule has 6 nitrogen and oxygen atoms in total. The standard InChI is InChI=1S/C16H10Cl2O6/c1-7-5-11-12(23-16(22-11)24-15(20)21)6-8(7)14(19)13-9(17)3-2-4-10(13)18/h2-6,16H,1H3,(H,20,21). The number of hydrogen-bond acceptors (Lipinski definition) is 5. The van der Waals surface area contributed by atoms with Crippen molar-refractivity contribution in [3.05, 3.63) is 57.1 Å². The Morgan fingerprint density at radius 1 is 1.12 bits per heavy atom. The van der Waals surface area contributed by atoms with Crippen molar-refractivity contribution in [3.8, 4) is 11.5 Å². The van der Waals surface area contributed by atoms with Gasteiger partial charge >= 0.3 is 12.6 Å². The number of aryl methyl sites for hydroxylation is 1. The Morgan fingerprint density at radius 2 is 1.71 bits per heavy atom. The van der Waals surface area contributed by atoms with Crippen molar-refractivity contribution < 1.29 is 28.9 Å². The molecule has 124 valence electrons. The molecule has 1 unspecified atom stereocenters. The van der Waals surface area contributed by atoms with Crippen LogP contribution in [0.2, 0.25) is 10.0 Å². The van der Waals surface area contributed by atoms with Crippen molar-refractivity contribution in [2.45, 2.75) is 13.4 Å². The average molecular weight is 369 g/mol. The van der Waals surface area contributed by atoms with Crippen molar-refractivity contribution >= 4 is 35.1 Å². The summed E-state index contributed by atoms with van der Waals surface area (Å²) in [5.41, 5.74) is 1.08. The number of hydrogen-bond donors (Lipinski definition) is 1. The maximum Gasteiger partial charge on any atom is 0.511 e. The molecule has 0 aliphatic carbocycles. The zero-order valence-electron chi connectivity index (χ0n) is 12.2. The zero-order valence-corrected chi connectivity index (χ0v) is 13.7. The van der Waals surface area contributed by atoms with Gasteiger partial charge in [0, 0.05) is 5.56 Å². The third-order valence-electron chi connectivity index (χ3n) is 3.37. The number of carboxylic acid groups (broad SMARTS) is 1. The highest BCUT2D eigenvalue weighted by Gasteiger charge is 2.30. The molecule has 0 spiro atoms. The third kappa shape index (κ3) is 2.98. The fourth-order valence-electron chi connectivity index (χ4n) is 2.30. The minimum Gasteiger partial charge on any atom is -0.450 e. The van der Waals surface area contributed by atoms with E-state index >= 15 is 0 Å². The fraction of sp³-hybridized carbons (Fsp3) is 0.125. The largest absolute Gasteiger partial charge is 0.511 e. The molecule has 0 aromatic heterocycles. The minimum atomic E-state index is -1.54. The third-order valence-corrected chi connectivity index (χ3v) is 4.00. The first kappa shape index (κ1) is 16.4. The van der Waals surface area contributed by atoms with Crippen LogP contribution >= 0.6 is 23.2 Å². The SMILES string of the molecule is Cc1cc2c(cc1C(=O)c1c(Cl)cccc1Cl)OC(OC(=O)O)O2. The second-order valence-electron chi connectivity index (χ2n) is 4.95. The predicted molar refractivity (Wildman–Crippen MR) is 85.2 cm³/mol. The Balaban J connectivity index is 1.97. The van der Waals surface area contributed by atoms with Crippen LogP contribution in [0.1, 0.15) is 21.5 Å². The van der Waals surface area contributed by atoms with Crippen molar-refractivity contribution in [1.82, 2.24) is 0 Å². The van der Waals surface area contributed by atoms with E-state index < -0.39 is 12.6 Å². The molecule has 0 bridgehead atoms. The van der Waals surface area contributed by atoms with Crippen molar-refractivity contribution in [1.29, 1.82) is 0 Å². The van der Waals surface area contributed by atoms with Crippen LogP contribution in [0.15, 0.2) is 30.3 Å². The summed E-state index contributed by atoms with van der Waals surface area (Å²) in [4.78, 5) is 23.3. The van der Waals surface area contributed by atoms with Gasteiger partial charge in [-0.1, -0.05) is 29.3 Å². The van der Waals surface area contributed by atoms with E-state index in [1.807, 2.05) is 0 Å². The van der Waals surface area contributed by atoms with Gasteiger partial charge in [-0.05, 0) is 36.8 Å². The quantitative estimate of drug-likeness (QED) is 0.642. The first-order valence-electron chi connectivity index (χ1n) is 6.73. The molecule has 1 N–H and O–H groups in total. The maximum absolute atomic E-state index is 12.8. The predicted octanol–water partition coefficient (Wildman–Crippen LogP) is 4.28. The number of halogens is 2. The number of carbonyl (C=O) groups excluding carboxylic acids is 1. The van der Waals surface area contributed by atoms with Gasteiger partial charge in [-0.15, -0.1) is 0 Å². The van der Waals surface area contributed by atoms with Crippen LogP contribution < -0.4 is 9.47 Å². The van der Waals surface area contributed by atoms with Crippen molar-refractivity contribution in [3.63, 3.8) is 0 Å². The van der Waals surface area contributed by atoms with E-state index in [1.54, 1.807) is 31.2 Å². The van der Waals surface area contributed by atoms with Crippen LogP contribution in [-0.2, 0) is 4.74 Å². The van der Waals surface area contributed by atoms with Gasteiger partial charge in [-0.2, -0.15) is 0 Å². The Bertz CT molecular complexity index is 828. The van der Waals surface area contributed by atoms with Crippen LogP contribution in [0.5, 0.6) is 11.5 Å². The van der Waals surface area contributed by atoms with Crippen molar-refractivity contribution in [2.75, 3.05) is 0 Å². The molecular formula is C16H10Cl2O6. The second kappa shape index (κ2) is 6.22. The van der Waals surface area contributed by atoms with Gasteiger partial charge in [0.2, 0.25) is 0 Å². The molecule has 0 saturated heterocycles. The number of benzene rings is 2. The Morgan fingerprint density at radius 3 is 2.29 bits per heavy atom. The highest BCUT2D eigenvalue weighted by molar-refractivity contribution is 6.41. The lowest BCUT2D eigenvalue weighted by molar-refractivity contribution is -0.147. The topological polar surface area (TPSA) is 82.1 Å². The van der Waals surface area contributed by atoms with E-state index in [0.717, 1.165) is 0 Å². The van der Waals surface area contributed by atoms with Crippen LogP contribution in [0.3, 0.4) is 0 Å². The molecular weight excluding hydrogens is 359 g/mol. The summed E-state index contributed by atoms with van der Waals surface area (Å²) >= 11 is 12.2. The van der Waals surface area contributed by atoms with E-state index in [9.17, 15) is 9.59 Å². The molecule has 3 rings (SSSR count). The molecule has 1 aliphatic rings. The van der Waals surface area contributed by atoms with Gasteiger partial charge in [0.25, 0.3) is 0 Å². The normalized spacial score (nSPS) is 15.2. The van der Waals surface area contributed by atoms with Crippen LogP contribution in [0, 0.1) is 6.92 Å². The van der Waals surface area contributed by atoms with Gasteiger partial charge < -0.3 is 19.3 Å². The molecule has 0 amide bonds. The van der Waals surface area contributed by atoms with Gasteiger partial charge in [-0.25, -0.2) is 4.79 Å². The van der Waals surface area contributed by atoms with E-state index in [2.05, 4.69) is 4.74 Å².